The third kappa shape index (κ3) is 6.77. The van der Waals surface area contributed by atoms with Crippen molar-refractivity contribution in [3.05, 3.63) is 94.6 Å². The molecule has 8 heteroatoms. The molecule has 0 bridgehead atoms. The molecule has 1 heterocycles. The molecule has 0 aliphatic rings. The van der Waals surface area contributed by atoms with E-state index in [-0.39, 0.29) is 19.0 Å². The van der Waals surface area contributed by atoms with Gasteiger partial charge in [0.1, 0.15) is 11.4 Å². The highest BCUT2D eigenvalue weighted by atomic mass is 35.5. The molecule has 1 amide bonds. The van der Waals surface area contributed by atoms with Crippen molar-refractivity contribution in [1.82, 2.24) is 5.16 Å². The lowest BCUT2D eigenvalue weighted by molar-refractivity contribution is -0.142. The zero-order valence-corrected chi connectivity index (χ0v) is 21.4. The second-order valence-electron chi connectivity index (χ2n) is 8.33. The molecular formula is C29H27ClN2O5. The van der Waals surface area contributed by atoms with E-state index in [1.165, 1.54) is 0 Å². The van der Waals surface area contributed by atoms with E-state index in [2.05, 4.69) is 10.5 Å². The molecular weight excluding hydrogens is 492 g/mol. The Morgan fingerprint density at radius 2 is 1.70 bits per heavy atom. The van der Waals surface area contributed by atoms with E-state index in [9.17, 15) is 9.59 Å². The Hall–Kier alpha value is -4.10. The van der Waals surface area contributed by atoms with Crippen molar-refractivity contribution >= 4 is 29.4 Å². The van der Waals surface area contributed by atoms with Crippen LogP contribution in [0.5, 0.6) is 0 Å². The van der Waals surface area contributed by atoms with Gasteiger partial charge in [-0.3, -0.25) is 10.1 Å². The van der Waals surface area contributed by atoms with Gasteiger partial charge in [0.2, 0.25) is 0 Å². The number of ether oxygens (including phenoxy) is 2. The molecule has 0 radical (unpaired) electrons. The number of anilines is 1. The minimum Gasteiger partial charge on any atom is -0.466 e. The fraction of sp³-hybridized carbons (Fsp3) is 0.207. The van der Waals surface area contributed by atoms with Gasteiger partial charge < -0.3 is 14.0 Å². The van der Waals surface area contributed by atoms with Gasteiger partial charge in [-0.05, 0) is 48.2 Å². The van der Waals surface area contributed by atoms with E-state index in [1.54, 1.807) is 19.9 Å². The summed E-state index contributed by atoms with van der Waals surface area (Å²) in [6.45, 7) is 4.08. The number of aromatic nitrogens is 1. The summed E-state index contributed by atoms with van der Waals surface area (Å²) in [4.78, 5) is 24.2. The highest BCUT2D eigenvalue weighted by molar-refractivity contribution is 6.31. The Balaban J connectivity index is 1.44. The normalized spacial score (nSPS) is 10.7. The summed E-state index contributed by atoms with van der Waals surface area (Å²) < 4.78 is 15.9. The number of nitrogens with zero attached hydrogens (tertiary/aromatic N) is 1. The lowest BCUT2D eigenvalue weighted by atomic mass is 10.00. The van der Waals surface area contributed by atoms with Crippen LogP contribution in [0, 0.1) is 6.92 Å². The van der Waals surface area contributed by atoms with Crippen molar-refractivity contribution in [1.29, 1.82) is 0 Å². The summed E-state index contributed by atoms with van der Waals surface area (Å²) in [5.74, 6) is 0.182. The molecule has 0 saturated heterocycles. The van der Waals surface area contributed by atoms with Crippen LogP contribution in [-0.2, 0) is 27.1 Å². The Morgan fingerprint density at radius 3 is 2.46 bits per heavy atom. The molecule has 0 atom stereocenters. The zero-order chi connectivity index (χ0) is 26.2. The van der Waals surface area contributed by atoms with Crippen molar-refractivity contribution in [2.45, 2.75) is 26.7 Å². The zero-order valence-electron chi connectivity index (χ0n) is 20.6. The average molecular weight is 519 g/mol. The number of aryl methyl sites for hydroxylation is 1. The molecule has 4 rings (SSSR count). The fourth-order valence-electron chi connectivity index (χ4n) is 3.84. The van der Waals surface area contributed by atoms with E-state index in [0.29, 0.717) is 35.2 Å². The van der Waals surface area contributed by atoms with Crippen LogP contribution in [0.3, 0.4) is 0 Å². The number of hydrogen-bond acceptors (Lipinski definition) is 6. The smallest absolute Gasteiger partial charge is 0.411 e. The Labute approximate surface area is 220 Å². The van der Waals surface area contributed by atoms with E-state index < -0.39 is 6.09 Å². The molecule has 4 aromatic rings. The summed E-state index contributed by atoms with van der Waals surface area (Å²) in [5, 5.41) is 7.43. The minimum absolute atomic E-state index is 0.177. The van der Waals surface area contributed by atoms with Gasteiger partial charge in [-0.15, -0.1) is 0 Å². The Morgan fingerprint density at radius 1 is 0.946 bits per heavy atom. The molecule has 0 fully saturated rings. The van der Waals surface area contributed by atoms with Crippen LogP contribution in [0.4, 0.5) is 10.5 Å². The molecule has 7 nitrogen and oxygen atoms in total. The van der Waals surface area contributed by atoms with E-state index in [1.807, 2.05) is 66.7 Å². The van der Waals surface area contributed by atoms with Crippen LogP contribution >= 0.6 is 11.6 Å². The third-order valence-corrected chi connectivity index (χ3v) is 6.09. The average Bonchev–Trinajstić information content (AvgIpc) is 3.25. The molecule has 1 N–H and O–H groups in total. The summed E-state index contributed by atoms with van der Waals surface area (Å²) >= 11 is 6.16. The van der Waals surface area contributed by atoms with E-state index in [0.717, 1.165) is 27.8 Å². The first-order chi connectivity index (χ1) is 17.9. The topological polar surface area (TPSA) is 90.7 Å². The number of nitrogens with one attached hydrogen (secondary N) is 1. The van der Waals surface area contributed by atoms with Crippen molar-refractivity contribution in [3.8, 4) is 22.5 Å². The largest absolute Gasteiger partial charge is 0.466 e. The number of rotatable bonds is 9. The van der Waals surface area contributed by atoms with E-state index in [4.69, 9.17) is 25.6 Å². The predicted octanol–water partition coefficient (Wildman–Crippen LogP) is 6.87. The van der Waals surface area contributed by atoms with Crippen molar-refractivity contribution in [2.75, 3.05) is 18.5 Å². The molecule has 0 aliphatic heterocycles. The van der Waals surface area contributed by atoms with Gasteiger partial charge in [0.05, 0.1) is 19.6 Å². The number of esters is 1. The fourth-order valence-corrected chi connectivity index (χ4v) is 4.07. The molecule has 3 aromatic carbocycles. The minimum atomic E-state index is -0.604. The van der Waals surface area contributed by atoms with Gasteiger partial charge in [-0.1, -0.05) is 77.4 Å². The quantitative estimate of drug-likeness (QED) is 0.243. The molecule has 37 heavy (non-hydrogen) atoms. The summed E-state index contributed by atoms with van der Waals surface area (Å²) in [6, 6.07) is 22.9. The summed E-state index contributed by atoms with van der Waals surface area (Å²) in [7, 11) is 0. The van der Waals surface area contributed by atoms with Crippen LogP contribution in [0.15, 0.2) is 77.3 Å². The van der Waals surface area contributed by atoms with Crippen LogP contribution in [-0.4, -0.2) is 30.4 Å². The first-order valence-corrected chi connectivity index (χ1v) is 12.3. The van der Waals surface area contributed by atoms with Crippen LogP contribution < -0.4 is 5.32 Å². The molecule has 190 valence electrons. The number of hydrogen-bond donors (Lipinski definition) is 1. The van der Waals surface area contributed by atoms with Crippen LogP contribution in [0.2, 0.25) is 5.02 Å². The highest BCUT2D eigenvalue weighted by Gasteiger charge is 2.19. The molecule has 1 aromatic heterocycles. The summed E-state index contributed by atoms with van der Waals surface area (Å²) in [6.07, 6.45) is 0.131. The predicted molar refractivity (Wildman–Crippen MR) is 143 cm³/mol. The SMILES string of the molecule is CCOC(=O)Cc1ccc(-c2cccc(-c3onc(C)c3NC(=O)OCCc3ccccc3Cl)c2)cc1. The maximum Gasteiger partial charge on any atom is 0.411 e. The van der Waals surface area contributed by atoms with Gasteiger partial charge in [-0.2, -0.15) is 0 Å². The van der Waals surface area contributed by atoms with Gasteiger partial charge >= 0.3 is 12.1 Å². The first-order valence-electron chi connectivity index (χ1n) is 11.9. The summed E-state index contributed by atoms with van der Waals surface area (Å²) in [5.41, 5.74) is 5.44. The van der Waals surface area contributed by atoms with Crippen molar-refractivity contribution in [2.24, 2.45) is 0 Å². The Bertz CT molecular complexity index is 1380. The van der Waals surface area contributed by atoms with Gasteiger partial charge in [0, 0.05) is 17.0 Å². The maximum atomic E-state index is 12.5. The third-order valence-electron chi connectivity index (χ3n) is 5.72. The second-order valence-corrected chi connectivity index (χ2v) is 8.74. The van der Waals surface area contributed by atoms with Crippen LogP contribution in [0.25, 0.3) is 22.5 Å². The Kier molecular flexibility index (Phi) is 8.59. The monoisotopic (exact) mass is 518 g/mol. The lowest BCUT2D eigenvalue weighted by Crippen LogP contribution is -2.16. The van der Waals surface area contributed by atoms with Crippen molar-refractivity contribution < 1.29 is 23.6 Å². The number of carbonyl (C=O) groups excluding carboxylic acids is 2. The first kappa shape index (κ1) is 26.0. The number of benzene rings is 3. The van der Waals surface area contributed by atoms with Crippen LogP contribution in [0.1, 0.15) is 23.7 Å². The van der Waals surface area contributed by atoms with Gasteiger partial charge in [-0.25, -0.2) is 4.79 Å². The number of carbonyl (C=O) groups is 2. The van der Waals surface area contributed by atoms with Gasteiger partial charge in [0.15, 0.2) is 5.76 Å². The van der Waals surface area contributed by atoms with Gasteiger partial charge in [0.25, 0.3) is 0 Å². The number of amides is 1. The molecule has 0 unspecified atom stereocenters. The number of halogens is 1. The van der Waals surface area contributed by atoms with Crippen molar-refractivity contribution in [3.63, 3.8) is 0 Å². The maximum absolute atomic E-state index is 12.5. The standard InChI is InChI=1S/C29H27ClN2O5/c1-3-35-26(33)17-20-11-13-21(14-12-20)23-8-6-9-24(18-23)28-27(19(2)32-37-28)31-29(34)36-16-15-22-7-4-5-10-25(22)30/h4-14,18H,3,15-17H2,1-2H3,(H,31,34). The van der Waals surface area contributed by atoms with E-state index >= 15 is 0 Å². The second kappa shape index (κ2) is 12.2. The highest BCUT2D eigenvalue weighted by Crippen LogP contribution is 2.33. The molecule has 0 saturated carbocycles. The molecule has 0 spiro atoms. The lowest BCUT2D eigenvalue weighted by Gasteiger charge is -2.09. The molecule has 0 aliphatic carbocycles.